The number of carbonyl (C=O) groups is 1. The van der Waals surface area contributed by atoms with E-state index in [-0.39, 0.29) is 19.0 Å². The minimum atomic E-state index is -0.936. The summed E-state index contributed by atoms with van der Waals surface area (Å²) in [7, 11) is 0. The number of aryl methyl sites for hydroxylation is 1. The Kier molecular flexibility index (Phi) is 6.84. The molecule has 0 aliphatic carbocycles. The Morgan fingerprint density at radius 3 is 2.76 bits per heavy atom. The molecule has 0 amide bonds. The third kappa shape index (κ3) is 4.84. The molecule has 0 fully saturated rings. The van der Waals surface area contributed by atoms with Crippen molar-refractivity contribution in [2.24, 2.45) is 0 Å². The Bertz CT molecular complexity index is 589. The molecule has 0 bridgehead atoms. The van der Waals surface area contributed by atoms with Crippen LogP contribution in [0.3, 0.4) is 0 Å². The van der Waals surface area contributed by atoms with Gasteiger partial charge in [-0.05, 0) is 17.7 Å². The van der Waals surface area contributed by atoms with E-state index < -0.39 is 12.6 Å². The second-order valence-corrected chi connectivity index (χ2v) is 4.32. The second-order valence-electron chi connectivity index (χ2n) is 4.32. The average molecular weight is 314 g/mol. The Hall–Kier alpha value is -1.92. The summed E-state index contributed by atoms with van der Waals surface area (Å²) >= 11 is 0. The van der Waals surface area contributed by atoms with Crippen LogP contribution in [0.25, 0.3) is 0 Å². The number of carboxylic acids is 1. The number of carboxylic acid groups (broad SMARTS) is 1. The molecule has 2 N–H and O–H groups in total. The van der Waals surface area contributed by atoms with Crippen LogP contribution in [0.4, 0.5) is 4.39 Å². The SMILES string of the molecule is Cl.O=C(O)c1ccccc1CNCc1ccn(CCF)n1. The summed E-state index contributed by atoms with van der Waals surface area (Å²) in [5, 5.41) is 16.4. The highest BCUT2D eigenvalue weighted by atomic mass is 35.5. The molecule has 0 saturated heterocycles. The quantitative estimate of drug-likeness (QED) is 0.823. The minimum absolute atomic E-state index is 0. The van der Waals surface area contributed by atoms with Crippen molar-refractivity contribution in [2.75, 3.05) is 6.67 Å². The lowest BCUT2D eigenvalue weighted by Crippen LogP contribution is -2.16. The van der Waals surface area contributed by atoms with Gasteiger partial charge in [0.15, 0.2) is 0 Å². The molecule has 7 heteroatoms. The van der Waals surface area contributed by atoms with Gasteiger partial charge in [0, 0.05) is 19.3 Å². The van der Waals surface area contributed by atoms with Crippen molar-refractivity contribution in [3.05, 3.63) is 53.3 Å². The van der Waals surface area contributed by atoms with E-state index in [9.17, 15) is 9.18 Å². The first-order chi connectivity index (χ1) is 9.70. The van der Waals surface area contributed by atoms with E-state index in [1.807, 2.05) is 6.07 Å². The molecule has 114 valence electrons. The molecule has 1 heterocycles. The van der Waals surface area contributed by atoms with Gasteiger partial charge in [0.2, 0.25) is 0 Å². The molecule has 2 aromatic rings. The molecule has 0 aliphatic heterocycles. The molecule has 1 aromatic heterocycles. The summed E-state index contributed by atoms with van der Waals surface area (Å²) in [5.74, 6) is -0.936. The highest BCUT2D eigenvalue weighted by Gasteiger charge is 2.08. The Morgan fingerprint density at radius 1 is 1.29 bits per heavy atom. The molecule has 0 spiro atoms. The first-order valence-electron chi connectivity index (χ1n) is 6.31. The van der Waals surface area contributed by atoms with Crippen LogP contribution in [-0.2, 0) is 19.6 Å². The van der Waals surface area contributed by atoms with Crippen LogP contribution in [0.1, 0.15) is 21.6 Å². The van der Waals surface area contributed by atoms with Crippen LogP contribution in [0, 0.1) is 0 Å². The van der Waals surface area contributed by atoms with Gasteiger partial charge in [-0.3, -0.25) is 4.68 Å². The third-order valence-corrected chi connectivity index (χ3v) is 2.88. The fourth-order valence-corrected chi connectivity index (χ4v) is 1.92. The van der Waals surface area contributed by atoms with E-state index in [2.05, 4.69) is 10.4 Å². The molecule has 5 nitrogen and oxygen atoms in total. The number of nitrogens with one attached hydrogen (secondary N) is 1. The first kappa shape index (κ1) is 17.1. The smallest absolute Gasteiger partial charge is 0.336 e. The number of hydrogen-bond donors (Lipinski definition) is 2. The lowest BCUT2D eigenvalue weighted by atomic mass is 10.1. The summed E-state index contributed by atoms with van der Waals surface area (Å²) in [6.07, 6.45) is 1.72. The number of rotatable bonds is 7. The molecule has 2 rings (SSSR count). The van der Waals surface area contributed by atoms with Crippen molar-refractivity contribution in [2.45, 2.75) is 19.6 Å². The summed E-state index contributed by atoms with van der Waals surface area (Å²) in [6, 6.07) is 8.67. The van der Waals surface area contributed by atoms with Crippen LogP contribution in [0.5, 0.6) is 0 Å². The van der Waals surface area contributed by atoms with Gasteiger partial charge in [0.25, 0.3) is 0 Å². The molecular weight excluding hydrogens is 297 g/mol. The molecule has 0 radical (unpaired) electrons. The predicted octanol–water partition coefficient (Wildman–Crippen LogP) is 2.26. The predicted molar refractivity (Wildman–Crippen MR) is 79.4 cm³/mol. The molecule has 21 heavy (non-hydrogen) atoms. The number of halogens is 2. The third-order valence-electron chi connectivity index (χ3n) is 2.88. The lowest BCUT2D eigenvalue weighted by molar-refractivity contribution is 0.0695. The molecule has 0 unspecified atom stereocenters. The number of aromatic carboxylic acids is 1. The van der Waals surface area contributed by atoms with Gasteiger partial charge in [-0.25, -0.2) is 9.18 Å². The fraction of sp³-hybridized carbons (Fsp3) is 0.286. The Balaban J connectivity index is 0.00000220. The van der Waals surface area contributed by atoms with Crippen molar-refractivity contribution >= 4 is 18.4 Å². The lowest BCUT2D eigenvalue weighted by Gasteiger charge is -2.06. The van der Waals surface area contributed by atoms with Crippen LogP contribution in [0.15, 0.2) is 36.5 Å². The maximum Gasteiger partial charge on any atom is 0.336 e. The zero-order valence-corrected chi connectivity index (χ0v) is 12.1. The number of hydrogen-bond acceptors (Lipinski definition) is 3. The highest BCUT2D eigenvalue weighted by molar-refractivity contribution is 5.89. The van der Waals surface area contributed by atoms with E-state index in [0.29, 0.717) is 18.7 Å². The second kappa shape index (κ2) is 8.39. The number of nitrogens with zero attached hydrogens (tertiary/aromatic N) is 2. The Labute approximate surface area is 128 Å². The van der Waals surface area contributed by atoms with Crippen molar-refractivity contribution in [3.8, 4) is 0 Å². The molecular formula is C14H17ClFN3O2. The van der Waals surface area contributed by atoms with Crippen LogP contribution in [0.2, 0.25) is 0 Å². The van der Waals surface area contributed by atoms with E-state index in [1.165, 1.54) is 0 Å². The fourth-order valence-electron chi connectivity index (χ4n) is 1.92. The summed E-state index contributed by atoms with van der Waals surface area (Å²) in [5.41, 5.74) is 1.82. The molecule has 0 aliphatic rings. The van der Waals surface area contributed by atoms with Crippen LogP contribution < -0.4 is 5.32 Å². The van der Waals surface area contributed by atoms with Crippen molar-refractivity contribution in [3.63, 3.8) is 0 Å². The number of aromatic nitrogens is 2. The normalized spacial score (nSPS) is 10.1. The minimum Gasteiger partial charge on any atom is -0.478 e. The summed E-state index contributed by atoms with van der Waals surface area (Å²) < 4.78 is 13.7. The topological polar surface area (TPSA) is 67.2 Å². The van der Waals surface area contributed by atoms with Crippen molar-refractivity contribution in [1.82, 2.24) is 15.1 Å². The van der Waals surface area contributed by atoms with Crippen molar-refractivity contribution < 1.29 is 14.3 Å². The average Bonchev–Trinajstić information content (AvgIpc) is 2.87. The first-order valence-corrected chi connectivity index (χ1v) is 6.31. The standard InChI is InChI=1S/C14H16FN3O2.ClH/c15-6-8-18-7-5-12(17-18)10-16-9-11-3-1-2-4-13(11)14(19)20;/h1-5,7,16H,6,8-10H2,(H,19,20);1H. The maximum atomic E-state index is 12.1. The van der Waals surface area contributed by atoms with E-state index in [4.69, 9.17) is 5.11 Å². The monoisotopic (exact) mass is 313 g/mol. The molecule has 0 atom stereocenters. The molecule has 1 aromatic carbocycles. The maximum absolute atomic E-state index is 12.1. The number of benzene rings is 1. The van der Waals surface area contributed by atoms with E-state index >= 15 is 0 Å². The highest BCUT2D eigenvalue weighted by Crippen LogP contribution is 2.08. The van der Waals surface area contributed by atoms with Crippen LogP contribution in [-0.4, -0.2) is 27.5 Å². The Morgan fingerprint density at radius 2 is 2.05 bits per heavy atom. The zero-order valence-electron chi connectivity index (χ0n) is 11.3. The molecule has 0 saturated carbocycles. The van der Waals surface area contributed by atoms with E-state index in [1.54, 1.807) is 35.1 Å². The van der Waals surface area contributed by atoms with Crippen molar-refractivity contribution in [1.29, 1.82) is 0 Å². The van der Waals surface area contributed by atoms with Gasteiger partial charge in [-0.1, -0.05) is 18.2 Å². The summed E-state index contributed by atoms with van der Waals surface area (Å²) in [4.78, 5) is 11.1. The van der Waals surface area contributed by atoms with Crippen LogP contribution >= 0.6 is 12.4 Å². The van der Waals surface area contributed by atoms with Gasteiger partial charge >= 0.3 is 5.97 Å². The largest absolute Gasteiger partial charge is 0.478 e. The van der Waals surface area contributed by atoms with Gasteiger partial charge in [0.1, 0.15) is 6.67 Å². The number of alkyl halides is 1. The van der Waals surface area contributed by atoms with Gasteiger partial charge in [0.05, 0.1) is 17.8 Å². The van der Waals surface area contributed by atoms with Gasteiger partial charge in [-0.2, -0.15) is 5.10 Å². The summed E-state index contributed by atoms with van der Waals surface area (Å²) in [6.45, 7) is 0.758. The van der Waals surface area contributed by atoms with E-state index in [0.717, 1.165) is 11.3 Å². The van der Waals surface area contributed by atoms with Gasteiger partial charge < -0.3 is 10.4 Å². The zero-order chi connectivity index (χ0) is 14.4. The van der Waals surface area contributed by atoms with Gasteiger partial charge in [-0.15, -0.1) is 12.4 Å².